The van der Waals surface area contributed by atoms with Gasteiger partial charge < -0.3 is 10.2 Å². The highest BCUT2D eigenvalue weighted by Gasteiger charge is 2.33. The summed E-state index contributed by atoms with van der Waals surface area (Å²) in [6.07, 6.45) is 12.9. The fourth-order valence-electron chi connectivity index (χ4n) is 5.46. The second kappa shape index (κ2) is 11.8. The highest BCUT2D eigenvalue weighted by Crippen LogP contribution is 2.24. The summed E-state index contributed by atoms with van der Waals surface area (Å²) >= 11 is 0. The Kier molecular flexibility index (Phi) is 8.82. The molecule has 3 fully saturated rings. The molecule has 3 saturated heterocycles. The largest absolute Gasteiger partial charge is 0.356 e. The first-order valence-corrected chi connectivity index (χ1v) is 14.7. The van der Waals surface area contributed by atoms with Crippen molar-refractivity contribution in [1.29, 1.82) is 0 Å². The van der Waals surface area contributed by atoms with E-state index < -0.39 is 10.0 Å². The van der Waals surface area contributed by atoms with E-state index in [1.54, 1.807) is 4.31 Å². The van der Waals surface area contributed by atoms with Crippen molar-refractivity contribution in [3.63, 3.8) is 0 Å². The van der Waals surface area contributed by atoms with Crippen LogP contribution in [0.15, 0.2) is 12.3 Å². The number of likely N-dealkylation sites (tertiary alicyclic amines) is 1. The number of unbranched alkanes of at least 4 members (excludes halogenated alkanes) is 1. The number of piperidine rings is 2. The Morgan fingerprint density at radius 1 is 1.00 bits per heavy atom. The summed E-state index contributed by atoms with van der Waals surface area (Å²) in [6, 6.07) is 2.63. The lowest BCUT2D eigenvalue weighted by Gasteiger charge is -2.42. The van der Waals surface area contributed by atoms with Crippen LogP contribution in [0.4, 0.5) is 11.8 Å². The van der Waals surface area contributed by atoms with E-state index in [0.29, 0.717) is 25.2 Å². The Labute approximate surface area is 200 Å². The van der Waals surface area contributed by atoms with E-state index in [0.717, 1.165) is 76.5 Å². The van der Waals surface area contributed by atoms with E-state index in [4.69, 9.17) is 4.98 Å². The zero-order valence-electron chi connectivity index (χ0n) is 20.3. The molecule has 1 aromatic rings. The van der Waals surface area contributed by atoms with Crippen LogP contribution < -0.4 is 10.2 Å². The monoisotopic (exact) mass is 478 g/mol. The topological polar surface area (TPSA) is 81.7 Å². The number of aromatic nitrogens is 2. The van der Waals surface area contributed by atoms with Gasteiger partial charge >= 0.3 is 0 Å². The first-order valence-electron chi connectivity index (χ1n) is 13.1. The van der Waals surface area contributed by atoms with Crippen LogP contribution in [-0.2, 0) is 10.0 Å². The molecule has 0 spiro atoms. The third-order valence-electron chi connectivity index (χ3n) is 7.38. The van der Waals surface area contributed by atoms with Crippen molar-refractivity contribution < 1.29 is 8.42 Å². The van der Waals surface area contributed by atoms with Crippen molar-refractivity contribution in [3.05, 3.63) is 12.3 Å². The summed E-state index contributed by atoms with van der Waals surface area (Å²) in [5.41, 5.74) is 0. The molecule has 0 radical (unpaired) electrons. The lowest BCUT2D eigenvalue weighted by molar-refractivity contribution is 0.108. The van der Waals surface area contributed by atoms with Crippen LogP contribution in [0.2, 0.25) is 0 Å². The van der Waals surface area contributed by atoms with E-state index in [-0.39, 0.29) is 5.75 Å². The van der Waals surface area contributed by atoms with Gasteiger partial charge in [-0.2, -0.15) is 4.98 Å². The van der Waals surface area contributed by atoms with Gasteiger partial charge in [0, 0.05) is 51.0 Å². The fourth-order valence-corrected chi connectivity index (χ4v) is 7.18. The SMILES string of the molecule is CCCCS(=O)(=O)N1CCCC(N2CCCC(Nc3nccc(N4CCCCCC4)n3)C2)C1. The van der Waals surface area contributed by atoms with Crippen molar-refractivity contribution in [3.8, 4) is 0 Å². The van der Waals surface area contributed by atoms with E-state index in [1.807, 2.05) is 19.2 Å². The molecule has 4 rings (SSSR count). The molecule has 3 aliphatic heterocycles. The van der Waals surface area contributed by atoms with E-state index in [2.05, 4.69) is 20.1 Å². The lowest BCUT2D eigenvalue weighted by Crippen LogP contribution is -2.54. The van der Waals surface area contributed by atoms with Gasteiger partial charge in [-0.25, -0.2) is 17.7 Å². The number of hydrogen-bond acceptors (Lipinski definition) is 7. The summed E-state index contributed by atoms with van der Waals surface area (Å²) in [5.74, 6) is 2.03. The second-order valence-corrected chi connectivity index (χ2v) is 12.0. The Bertz CT molecular complexity index is 843. The molecule has 2 atom stereocenters. The predicted molar refractivity (Wildman–Crippen MR) is 134 cm³/mol. The number of sulfonamides is 1. The van der Waals surface area contributed by atoms with Gasteiger partial charge in [-0.15, -0.1) is 0 Å². The summed E-state index contributed by atoms with van der Waals surface area (Å²) in [7, 11) is -3.13. The van der Waals surface area contributed by atoms with Gasteiger partial charge in [-0.1, -0.05) is 26.2 Å². The lowest BCUT2D eigenvalue weighted by atomic mass is 9.99. The van der Waals surface area contributed by atoms with Crippen LogP contribution >= 0.6 is 0 Å². The fraction of sp³-hybridized carbons (Fsp3) is 0.833. The summed E-state index contributed by atoms with van der Waals surface area (Å²) in [6.45, 7) is 7.48. The second-order valence-electron chi connectivity index (χ2n) is 9.94. The smallest absolute Gasteiger partial charge is 0.224 e. The average molecular weight is 479 g/mol. The molecule has 0 amide bonds. The van der Waals surface area contributed by atoms with Gasteiger partial charge in [-0.3, -0.25) is 4.90 Å². The van der Waals surface area contributed by atoms with Gasteiger partial charge in [0.05, 0.1) is 5.75 Å². The maximum absolute atomic E-state index is 12.7. The predicted octanol–water partition coefficient (Wildman–Crippen LogP) is 3.33. The highest BCUT2D eigenvalue weighted by atomic mass is 32.2. The minimum atomic E-state index is -3.13. The molecular formula is C24H42N6O2S. The first kappa shape index (κ1) is 24.7. The molecule has 1 N–H and O–H groups in total. The zero-order chi connectivity index (χ0) is 23.1. The van der Waals surface area contributed by atoms with Gasteiger partial charge in [0.15, 0.2) is 0 Å². The number of nitrogens with one attached hydrogen (secondary N) is 1. The molecule has 2 unspecified atom stereocenters. The molecule has 9 heteroatoms. The molecule has 0 saturated carbocycles. The highest BCUT2D eigenvalue weighted by molar-refractivity contribution is 7.89. The van der Waals surface area contributed by atoms with Crippen LogP contribution in [0.3, 0.4) is 0 Å². The van der Waals surface area contributed by atoms with Crippen molar-refractivity contribution in [2.45, 2.75) is 83.2 Å². The number of nitrogens with zero attached hydrogens (tertiary/aromatic N) is 5. The molecule has 186 valence electrons. The van der Waals surface area contributed by atoms with Crippen LogP contribution in [0, 0.1) is 0 Å². The van der Waals surface area contributed by atoms with Crippen LogP contribution in [0.1, 0.15) is 71.1 Å². The number of rotatable bonds is 8. The number of anilines is 2. The molecular weight excluding hydrogens is 436 g/mol. The average Bonchev–Trinajstić information content (AvgIpc) is 3.13. The Balaban J connectivity index is 1.34. The molecule has 0 aromatic carbocycles. The molecule has 33 heavy (non-hydrogen) atoms. The summed E-state index contributed by atoms with van der Waals surface area (Å²) < 4.78 is 27.2. The van der Waals surface area contributed by atoms with Gasteiger partial charge in [0.2, 0.25) is 16.0 Å². The third-order valence-corrected chi connectivity index (χ3v) is 9.30. The minimum Gasteiger partial charge on any atom is -0.356 e. The van der Waals surface area contributed by atoms with Crippen molar-refractivity contribution in [2.24, 2.45) is 0 Å². The van der Waals surface area contributed by atoms with Crippen LogP contribution in [-0.4, -0.2) is 84.7 Å². The standard InChI is InChI=1S/C24H42N6O2S/c1-2-3-18-33(31,32)30-17-9-11-22(20-30)29-16-8-10-21(19-29)26-24-25-13-12-23(27-24)28-14-6-4-5-7-15-28/h12-13,21-22H,2-11,14-20H2,1H3,(H,25,26,27). The molecule has 3 aliphatic rings. The van der Waals surface area contributed by atoms with Crippen LogP contribution in [0.5, 0.6) is 0 Å². The number of hydrogen-bond donors (Lipinski definition) is 1. The molecule has 8 nitrogen and oxygen atoms in total. The summed E-state index contributed by atoms with van der Waals surface area (Å²) in [4.78, 5) is 14.2. The molecule has 0 bridgehead atoms. The van der Waals surface area contributed by atoms with E-state index >= 15 is 0 Å². The normalized spacial score (nSPS) is 26.2. The van der Waals surface area contributed by atoms with E-state index in [9.17, 15) is 8.42 Å². The van der Waals surface area contributed by atoms with Gasteiger partial charge in [0.1, 0.15) is 5.82 Å². The maximum Gasteiger partial charge on any atom is 0.224 e. The Morgan fingerprint density at radius 3 is 2.58 bits per heavy atom. The molecule has 4 heterocycles. The minimum absolute atomic E-state index is 0.283. The summed E-state index contributed by atoms with van der Waals surface area (Å²) in [5, 5.41) is 3.59. The Hall–Kier alpha value is -1.45. The molecule has 1 aromatic heterocycles. The first-order chi connectivity index (χ1) is 16.0. The van der Waals surface area contributed by atoms with E-state index in [1.165, 1.54) is 25.7 Å². The maximum atomic E-state index is 12.7. The van der Waals surface area contributed by atoms with Gasteiger partial charge in [-0.05, 0) is 57.6 Å². The van der Waals surface area contributed by atoms with Crippen molar-refractivity contribution in [1.82, 2.24) is 19.2 Å². The van der Waals surface area contributed by atoms with Gasteiger partial charge in [0.25, 0.3) is 0 Å². The van der Waals surface area contributed by atoms with Crippen molar-refractivity contribution >= 4 is 21.8 Å². The third kappa shape index (κ3) is 6.79. The van der Waals surface area contributed by atoms with Crippen LogP contribution in [0.25, 0.3) is 0 Å². The Morgan fingerprint density at radius 2 is 1.79 bits per heavy atom. The zero-order valence-corrected chi connectivity index (χ0v) is 21.1. The molecule has 0 aliphatic carbocycles. The van der Waals surface area contributed by atoms with Crippen molar-refractivity contribution in [2.75, 3.05) is 55.2 Å². The quantitative estimate of drug-likeness (QED) is 0.614.